The van der Waals surface area contributed by atoms with Crippen LogP contribution in [0.2, 0.25) is 0 Å². The maximum Gasteiger partial charge on any atom is 0.313 e. The van der Waals surface area contributed by atoms with Crippen molar-refractivity contribution in [1.82, 2.24) is 15.0 Å². The number of aromatic nitrogens is 3. The maximum atomic E-state index is 11.2. The van der Waals surface area contributed by atoms with Gasteiger partial charge in [0.1, 0.15) is 0 Å². The van der Waals surface area contributed by atoms with Crippen molar-refractivity contribution < 1.29 is 0 Å². The Morgan fingerprint density at radius 3 is 2.90 bits per heavy atom. The Morgan fingerprint density at radius 2 is 2.05 bits per heavy atom. The normalized spacial score (nSPS) is 10.8. The van der Waals surface area contributed by atoms with Crippen LogP contribution in [0.4, 0.5) is 0 Å². The third-order valence-electron chi connectivity index (χ3n) is 2.83. The first kappa shape index (κ1) is 12.7. The van der Waals surface area contributed by atoms with E-state index in [4.69, 9.17) is 0 Å². The van der Waals surface area contributed by atoms with Gasteiger partial charge in [-0.25, -0.2) is 0 Å². The summed E-state index contributed by atoms with van der Waals surface area (Å²) in [6, 6.07) is 9.91. The molecular weight excluding hydrogens is 274 g/mol. The summed E-state index contributed by atoms with van der Waals surface area (Å²) in [5, 5.41) is 1.08. The summed E-state index contributed by atoms with van der Waals surface area (Å²) in [5.41, 5.74) is 0.390. The van der Waals surface area contributed by atoms with Crippen LogP contribution in [-0.2, 0) is 5.75 Å². The van der Waals surface area contributed by atoms with E-state index in [0.717, 1.165) is 15.8 Å². The lowest BCUT2D eigenvalue weighted by molar-refractivity contribution is 1.01. The summed E-state index contributed by atoms with van der Waals surface area (Å²) in [5.74, 6) is 0.581. The van der Waals surface area contributed by atoms with Gasteiger partial charge in [0.15, 0.2) is 0 Å². The van der Waals surface area contributed by atoms with Gasteiger partial charge in [0.05, 0.1) is 5.52 Å². The van der Waals surface area contributed by atoms with E-state index in [0.29, 0.717) is 11.4 Å². The van der Waals surface area contributed by atoms with Crippen molar-refractivity contribution in [2.24, 2.45) is 0 Å². The van der Waals surface area contributed by atoms with Gasteiger partial charge in [0, 0.05) is 34.1 Å². The van der Waals surface area contributed by atoms with E-state index in [1.165, 1.54) is 6.20 Å². The minimum Gasteiger partial charge on any atom is -0.323 e. The van der Waals surface area contributed by atoms with Crippen molar-refractivity contribution >= 4 is 22.7 Å². The zero-order valence-corrected chi connectivity index (χ0v) is 11.2. The van der Waals surface area contributed by atoms with Gasteiger partial charge in [-0.3, -0.25) is 14.6 Å². The Labute approximate surface area is 118 Å². The van der Waals surface area contributed by atoms with Gasteiger partial charge < -0.3 is 9.97 Å². The highest BCUT2D eigenvalue weighted by Gasteiger charge is 2.01. The molecule has 0 amide bonds. The Bertz CT molecular complexity index is 870. The number of hydrogen-bond donors (Lipinski definition) is 2. The van der Waals surface area contributed by atoms with Gasteiger partial charge in [-0.05, 0) is 24.3 Å². The van der Waals surface area contributed by atoms with E-state index in [-0.39, 0.29) is 0 Å². The van der Waals surface area contributed by atoms with Crippen molar-refractivity contribution in [2.45, 2.75) is 10.6 Å². The maximum absolute atomic E-state index is 11.2. The average molecular weight is 285 g/mol. The van der Waals surface area contributed by atoms with Gasteiger partial charge in [-0.1, -0.05) is 6.07 Å². The van der Waals surface area contributed by atoms with E-state index < -0.39 is 11.1 Å². The fourth-order valence-corrected chi connectivity index (χ4v) is 2.69. The molecule has 1 aromatic carbocycles. The first-order chi connectivity index (χ1) is 9.72. The highest BCUT2D eigenvalue weighted by Crippen LogP contribution is 2.24. The molecule has 2 N–H and O–H groups in total. The lowest BCUT2D eigenvalue weighted by Gasteiger charge is -2.03. The van der Waals surface area contributed by atoms with Crippen molar-refractivity contribution in [2.75, 3.05) is 0 Å². The molecule has 0 aliphatic heterocycles. The fourth-order valence-electron chi connectivity index (χ4n) is 1.84. The van der Waals surface area contributed by atoms with Gasteiger partial charge in [-0.15, -0.1) is 11.8 Å². The number of nitrogens with one attached hydrogen (secondary N) is 2. The molecule has 0 atom stereocenters. The number of fused-ring (bicyclic) bond motifs is 1. The minimum absolute atomic E-state index is 0.581. The van der Waals surface area contributed by atoms with Crippen LogP contribution < -0.4 is 11.1 Å². The first-order valence-electron chi connectivity index (χ1n) is 6.01. The fraction of sp³-hybridized carbons (Fsp3) is 0.0714. The molecule has 0 fully saturated rings. The number of nitrogens with zero attached hydrogens (tertiary/aromatic N) is 1. The summed E-state index contributed by atoms with van der Waals surface area (Å²) < 4.78 is 0. The van der Waals surface area contributed by atoms with Crippen molar-refractivity contribution in [1.29, 1.82) is 0 Å². The number of aromatic amines is 2. The molecule has 2 aromatic heterocycles. The van der Waals surface area contributed by atoms with E-state index in [9.17, 15) is 9.59 Å². The molecule has 0 unspecified atom stereocenters. The Morgan fingerprint density at radius 1 is 1.15 bits per heavy atom. The highest BCUT2D eigenvalue weighted by atomic mass is 32.2. The monoisotopic (exact) mass is 285 g/mol. The molecule has 5 nitrogen and oxygen atoms in total. The standard InChI is InChI=1S/C14H11N3O2S/c18-13-14(19)17-10(7-16-13)8-20-11-3-4-12-9(6-11)2-1-5-15-12/h1-7H,8H2,(H,16,18)(H,17,19). The molecule has 0 spiro atoms. The number of thioether (sulfide) groups is 1. The summed E-state index contributed by atoms with van der Waals surface area (Å²) in [6.45, 7) is 0. The van der Waals surface area contributed by atoms with E-state index in [1.807, 2.05) is 24.3 Å². The van der Waals surface area contributed by atoms with Crippen molar-refractivity contribution in [3.8, 4) is 0 Å². The molecular formula is C14H11N3O2S. The molecule has 0 bridgehead atoms. The summed E-state index contributed by atoms with van der Waals surface area (Å²) in [7, 11) is 0. The summed E-state index contributed by atoms with van der Waals surface area (Å²) in [4.78, 5) is 32.5. The Balaban J connectivity index is 1.81. The lowest BCUT2D eigenvalue weighted by Crippen LogP contribution is -2.29. The molecule has 0 saturated carbocycles. The van der Waals surface area contributed by atoms with E-state index in [2.05, 4.69) is 21.0 Å². The SMILES string of the molecule is O=c1[nH]cc(CSc2ccc3ncccc3c2)[nH]c1=O. The lowest BCUT2D eigenvalue weighted by atomic mass is 10.2. The number of rotatable bonds is 3. The molecule has 3 rings (SSSR count). The molecule has 2 heterocycles. The molecule has 0 radical (unpaired) electrons. The minimum atomic E-state index is -0.629. The predicted octanol–water partition coefficient (Wildman–Crippen LogP) is 1.90. The Kier molecular flexibility index (Phi) is 3.39. The van der Waals surface area contributed by atoms with Crippen LogP contribution in [0.25, 0.3) is 10.9 Å². The quantitative estimate of drug-likeness (QED) is 0.569. The second-order valence-corrected chi connectivity index (χ2v) is 5.29. The zero-order chi connectivity index (χ0) is 13.9. The van der Waals surface area contributed by atoms with Gasteiger partial charge in [-0.2, -0.15) is 0 Å². The van der Waals surface area contributed by atoms with Crippen LogP contribution in [0.5, 0.6) is 0 Å². The smallest absolute Gasteiger partial charge is 0.313 e. The van der Waals surface area contributed by atoms with Crippen molar-refractivity contribution in [3.63, 3.8) is 0 Å². The highest BCUT2D eigenvalue weighted by molar-refractivity contribution is 7.98. The average Bonchev–Trinajstić information content (AvgIpc) is 2.48. The molecule has 0 aliphatic carbocycles. The number of pyridine rings is 1. The topological polar surface area (TPSA) is 78.6 Å². The second kappa shape index (κ2) is 5.34. The predicted molar refractivity (Wildman–Crippen MR) is 79.0 cm³/mol. The van der Waals surface area contributed by atoms with Crippen LogP contribution in [0.3, 0.4) is 0 Å². The van der Waals surface area contributed by atoms with Gasteiger partial charge >= 0.3 is 11.1 Å². The number of benzene rings is 1. The third kappa shape index (κ3) is 2.65. The second-order valence-electron chi connectivity index (χ2n) is 4.24. The molecule has 3 aromatic rings. The van der Waals surface area contributed by atoms with Crippen LogP contribution in [-0.4, -0.2) is 15.0 Å². The van der Waals surface area contributed by atoms with Crippen LogP contribution in [0, 0.1) is 0 Å². The van der Waals surface area contributed by atoms with Gasteiger partial charge in [0.25, 0.3) is 0 Å². The van der Waals surface area contributed by atoms with E-state index >= 15 is 0 Å². The van der Waals surface area contributed by atoms with Crippen LogP contribution >= 0.6 is 11.8 Å². The molecule has 0 aliphatic rings. The Hall–Kier alpha value is -2.34. The van der Waals surface area contributed by atoms with Crippen molar-refractivity contribution in [3.05, 3.63) is 69.1 Å². The van der Waals surface area contributed by atoms with Crippen LogP contribution in [0.1, 0.15) is 5.69 Å². The van der Waals surface area contributed by atoms with Crippen LogP contribution in [0.15, 0.2) is 57.2 Å². The van der Waals surface area contributed by atoms with Gasteiger partial charge in [0.2, 0.25) is 0 Å². The molecule has 20 heavy (non-hydrogen) atoms. The molecule has 100 valence electrons. The number of hydrogen-bond acceptors (Lipinski definition) is 4. The number of H-pyrrole nitrogens is 2. The molecule has 0 saturated heterocycles. The largest absolute Gasteiger partial charge is 0.323 e. The van der Waals surface area contributed by atoms with E-state index in [1.54, 1.807) is 18.0 Å². The zero-order valence-electron chi connectivity index (χ0n) is 10.4. The first-order valence-corrected chi connectivity index (χ1v) is 6.99. The summed E-state index contributed by atoms with van der Waals surface area (Å²) in [6.07, 6.45) is 3.29. The summed E-state index contributed by atoms with van der Waals surface area (Å²) >= 11 is 1.58. The third-order valence-corrected chi connectivity index (χ3v) is 3.87. The molecule has 6 heteroatoms.